The van der Waals surface area contributed by atoms with Crippen LogP contribution in [0.25, 0.3) is 0 Å². The molecule has 0 heterocycles. The van der Waals surface area contributed by atoms with Gasteiger partial charge in [-0.25, -0.2) is 0 Å². The fraction of sp³-hybridized carbons (Fsp3) is 0. The molecule has 0 saturated carbocycles. The van der Waals surface area contributed by atoms with Crippen LogP contribution in [0.1, 0.15) is 0 Å². The molecular weight excluding hydrogens is 186 g/mol. The van der Waals surface area contributed by atoms with Crippen molar-refractivity contribution in [2.75, 3.05) is 0 Å². The molecule has 0 aliphatic heterocycles. The first-order valence-electron chi connectivity index (χ1n) is 2.81. The number of hydrogen-bond acceptors (Lipinski definition) is 3. The molecule has 0 radical (unpaired) electrons. The van der Waals surface area contributed by atoms with E-state index in [1.807, 2.05) is 0 Å². The minimum absolute atomic E-state index is 0.0327. The SMILES string of the molecule is Oc1ccccc1OP(O)Cl. The van der Waals surface area contributed by atoms with E-state index in [4.69, 9.17) is 21.2 Å². The molecule has 0 saturated heterocycles. The van der Waals surface area contributed by atoms with Gasteiger partial charge in [0, 0.05) is 0 Å². The number of benzene rings is 1. The third-order valence-electron chi connectivity index (χ3n) is 1.04. The molecule has 1 aromatic carbocycles. The monoisotopic (exact) mass is 192 g/mol. The van der Waals surface area contributed by atoms with Crippen LogP contribution in [0.5, 0.6) is 11.5 Å². The number of rotatable bonds is 2. The molecule has 0 amide bonds. The molecule has 1 aromatic rings. The quantitative estimate of drug-likeness (QED) is 0.707. The highest BCUT2D eigenvalue weighted by atomic mass is 35.7. The molecule has 0 fully saturated rings. The smallest absolute Gasteiger partial charge is 0.335 e. The Labute approximate surface area is 69.9 Å². The molecule has 0 aromatic heterocycles. The van der Waals surface area contributed by atoms with Crippen LogP contribution in [0.15, 0.2) is 24.3 Å². The van der Waals surface area contributed by atoms with Crippen molar-refractivity contribution in [3.8, 4) is 11.5 Å². The zero-order valence-corrected chi connectivity index (χ0v) is 7.09. The second-order valence-corrected chi connectivity index (χ2v) is 3.29. The Hall–Kier alpha value is -0.500. The van der Waals surface area contributed by atoms with Crippen molar-refractivity contribution in [3.63, 3.8) is 0 Å². The lowest BCUT2D eigenvalue weighted by Gasteiger charge is -2.05. The fourth-order valence-electron chi connectivity index (χ4n) is 0.616. The molecule has 5 heteroatoms. The van der Waals surface area contributed by atoms with Crippen LogP contribution in [-0.4, -0.2) is 10.00 Å². The molecular formula is C6H6ClO3P. The van der Waals surface area contributed by atoms with E-state index in [-0.39, 0.29) is 11.5 Å². The van der Waals surface area contributed by atoms with Gasteiger partial charge in [-0.1, -0.05) is 12.1 Å². The average molecular weight is 193 g/mol. The summed E-state index contributed by atoms with van der Waals surface area (Å²) in [6.07, 6.45) is 0. The van der Waals surface area contributed by atoms with Crippen molar-refractivity contribution < 1.29 is 14.5 Å². The molecule has 11 heavy (non-hydrogen) atoms. The van der Waals surface area contributed by atoms with Crippen LogP contribution in [-0.2, 0) is 0 Å². The van der Waals surface area contributed by atoms with Crippen molar-refractivity contribution in [2.24, 2.45) is 0 Å². The summed E-state index contributed by atoms with van der Waals surface area (Å²) in [6.45, 7) is 0. The van der Waals surface area contributed by atoms with Crippen LogP contribution in [0.3, 0.4) is 0 Å². The maximum atomic E-state index is 9.08. The van der Waals surface area contributed by atoms with Crippen LogP contribution < -0.4 is 4.52 Å². The predicted molar refractivity (Wildman–Crippen MR) is 43.7 cm³/mol. The van der Waals surface area contributed by atoms with Crippen LogP contribution in [0, 0.1) is 0 Å². The van der Waals surface area contributed by atoms with Gasteiger partial charge in [0.1, 0.15) is 0 Å². The second kappa shape index (κ2) is 3.77. The molecule has 1 atom stereocenters. The van der Waals surface area contributed by atoms with Crippen molar-refractivity contribution in [1.82, 2.24) is 0 Å². The number of hydrogen-bond donors (Lipinski definition) is 2. The minimum atomic E-state index is -1.98. The summed E-state index contributed by atoms with van der Waals surface area (Å²) in [5.41, 5.74) is 0. The fourth-order valence-corrected chi connectivity index (χ4v) is 1.16. The highest BCUT2D eigenvalue weighted by Gasteiger charge is 2.05. The van der Waals surface area contributed by atoms with E-state index in [1.54, 1.807) is 12.1 Å². The molecule has 0 spiro atoms. The molecule has 1 rings (SSSR count). The van der Waals surface area contributed by atoms with Gasteiger partial charge < -0.3 is 14.5 Å². The summed E-state index contributed by atoms with van der Waals surface area (Å²) in [5.74, 6) is 0.158. The Morgan fingerprint density at radius 2 is 2.00 bits per heavy atom. The summed E-state index contributed by atoms with van der Waals surface area (Å²) in [5, 5.41) is 9.08. The summed E-state index contributed by atoms with van der Waals surface area (Å²) < 4.78 is 4.68. The number of phenolic OH excluding ortho intramolecular Hbond substituents is 1. The maximum absolute atomic E-state index is 9.08. The lowest BCUT2D eigenvalue weighted by atomic mass is 10.3. The summed E-state index contributed by atoms with van der Waals surface area (Å²) >= 11 is 5.17. The van der Waals surface area contributed by atoms with Crippen LogP contribution in [0.2, 0.25) is 0 Å². The summed E-state index contributed by atoms with van der Waals surface area (Å²) in [7, 11) is -1.98. The minimum Gasteiger partial charge on any atom is -0.504 e. The van der Waals surface area contributed by atoms with E-state index < -0.39 is 7.73 Å². The van der Waals surface area contributed by atoms with Gasteiger partial charge in [0.05, 0.1) is 0 Å². The molecule has 2 N–H and O–H groups in total. The van der Waals surface area contributed by atoms with Crippen molar-refractivity contribution in [3.05, 3.63) is 24.3 Å². The highest BCUT2D eigenvalue weighted by molar-refractivity contribution is 7.75. The van der Waals surface area contributed by atoms with Gasteiger partial charge in [0.15, 0.2) is 11.5 Å². The first-order chi connectivity index (χ1) is 5.20. The molecule has 3 nitrogen and oxygen atoms in total. The van der Waals surface area contributed by atoms with E-state index in [2.05, 4.69) is 4.52 Å². The van der Waals surface area contributed by atoms with Crippen LogP contribution >= 0.6 is 19.0 Å². The van der Waals surface area contributed by atoms with E-state index in [0.29, 0.717) is 0 Å². The Kier molecular flexibility index (Phi) is 2.94. The number of aromatic hydroxyl groups is 1. The lowest BCUT2D eigenvalue weighted by molar-refractivity contribution is 0.432. The van der Waals surface area contributed by atoms with Crippen molar-refractivity contribution in [1.29, 1.82) is 0 Å². The third kappa shape index (κ3) is 2.54. The zero-order valence-electron chi connectivity index (χ0n) is 5.44. The van der Waals surface area contributed by atoms with Gasteiger partial charge in [-0.2, -0.15) is 0 Å². The van der Waals surface area contributed by atoms with E-state index in [0.717, 1.165) is 0 Å². The van der Waals surface area contributed by atoms with Gasteiger partial charge in [0.25, 0.3) is 0 Å². The molecule has 0 bridgehead atoms. The topological polar surface area (TPSA) is 49.7 Å². The molecule has 1 unspecified atom stereocenters. The molecule has 0 aliphatic rings. The zero-order chi connectivity index (χ0) is 8.27. The summed E-state index contributed by atoms with van der Waals surface area (Å²) in [4.78, 5) is 8.63. The van der Waals surface area contributed by atoms with Crippen molar-refractivity contribution >= 4 is 19.0 Å². The highest BCUT2D eigenvalue weighted by Crippen LogP contribution is 2.41. The Morgan fingerprint density at radius 3 is 2.55 bits per heavy atom. The standard InChI is InChI=1S/C6H6ClO3P/c7-11(9)10-6-4-2-1-3-5(6)8/h1-4,8-9H. The first-order valence-corrected chi connectivity index (χ1v) is 4.92. The normalized spacial score (nSPS) is 12.5. The Balaban J connectivity index is 2.78. The van der Waals surface area contributed by atoms with E-state index in [9.17, 15) is 0 Å². The van der Waals surface area contributed by atoms with Crippen molar-refractivity contribution in [2.45, 2.75) is 0 Å². The third-order valence-corrected chi connectivity index (χ3v) is 1.59. The Morgan fingerprint density at radius 1 is 1.36 bits per heavy atom. The molecule has 0 aliphatic carbocycles. The number of halogens is 1. The van der Waals surface area contributed by atoms with E-state index in [1.165, 1.54) is 12.1 Å². The van der Waals surface area contributed by atoms with Gasteiger partial charge in [-0.05, 0) is 23.4 Å². The molecule has 60 valence electrons. The number of phenols is 1. The Bertz CT molecular complexity index is 241. The van der Waals surface area contributed by atoms with Crippen LogP contribution in [0.4, 0.5) is 0 Å². The first kappa shape index (κ1) is 8.60. The van der Waals surface area contributed by atoms with Gasteiger partial charge in [-0.3, -0.25) is 0 Å². The maximum Gasteiger partial charge on any atom is 0.335 e. The van der Waals surface area contributed by atoms with Gasteiger partial charge >= 0.3 is 7.73 Å². The van der Waals surface area contributed by atoms with E-state index >= 15 is 0 Å². The largest absolute Gasteiger partial charge is 0.504 e. The van der Waals surface area contributed by atoms with Gasteiger partial charge in [0.2, 0.25) is 0 Å². The lowest BCUT2D eigenvalue weighted by Crippen LogP contribution is -1.80. The second-order valence-electron chi connectivity index (χ2n) is 1.79. The van der Waals surface area contributed by atoms with Gasteiger partial charge in [-0.15, -0.1) is 0 Å². The summed E-state index contributed by atoms with van der Waals surface area (Å²) in [6, 6.07) is 6.29. The predicted octanol–water partition coefficient (Wildman–Crippen LogP) is 2.23. The number of para-hydroxylation sites is 2. The average Bonchev–Trinajstić information content (AvgIpc) is 1.93.